The van der Waals surface area contributed by atoms with Crippen LogP contribution in [0.4, 0.5) is 0 Å². The Morgan fingerprint density at radius 1 is 1.20 bits per heavy atom. The molecule has 6 nitrogen and oxygen atoms in total. The molecule has 0 fully saturated rings. The second-order valence-corrected chi connectivity index (χ2v) is 6.71. The van der Waals surface area contributed by atoms with Crippen LogP contribution in [0, 0.1) is 0 Å². The standard InChI is InChI=1S/C13H16N4O2S/c14-5-6-16-10-13(7-15-16)20(18,19)17-8-11-3-1-2-4-12(11)9-17/h1-4,7,10H,5-6,8-9,14H2. The molecule has 1 aliphatic rings. The van der Waals surface area contributed by atoms with Crippen LogP contribution in [0.3, 0.4) is 0 Å². The van der Waals surface area contributed by atoms with E-state index in [0.29, 0.717) is 26.2 Å². The highest BCUT2D eigenvalue weighted by molar-refractivity contribution is 7.89. The third kappa shape index (κ3) is 2.24. The number of nitrogens with zero attached hydrogens (tertiary/aromatic N) is 3. The first-order chi connectivity index (χ1) is 9.61. The molecule has 0 saturated carbocycles. The fraction of sp³-hybridized carbons (Fsp3) is 0.308. The lowest BCUT2D eigenvalue weighted by Gasteiger charge is -2.13. The monoisotopic (exact) mass is 292 g/mol. The summed E-state index contributed by atoms with van der Waals surface area (Å²) in [4.78, 5) is 0.221. The fourth-order valence-corrected chi connectivity index (χ4v) is 3.70. The van der Waals surface area contributed by atoms with Crippen molar-refractivity contribution in [2.45, 2.75) is 24.5 Å². The van der Waals surface area contributed by atoms with Gasteiger partial charge in [-0.2, -0.15) is 9.40 Å². The normalized spacial score (nSPS) is 15.4. The molecule has 7 heteroatoms. The van der Waals surface area contributed by atoms with E-state index in [9.17, 15) is 8.42 Å². The van der Waals surface area contributed by atoms with Crippen molar-refractivity contribution in [2.24, 2.45) is 5.73 Å². The van der Waals surface area contributed by atoms with Crippen LogP contribution in [0.15, 0.2) is 41.6 Å². The van der Waals surface area contributed by atoms with E-state index in [2.05, 4.69) is 5.10 Å². The average molecular weight is 292 g/mol. The molecule has 2 aromatic rings. The first-order valence-electron chi connectivity index (χ1n) is 6.41. The number of benzene rings is 1. The summed E-state index contributed by atoms with van der Waals surface area (Å²) in [5.74, 6) is 0. The van der Waals surface area contributed by atoms with Crippen molar-refractivity contribution in [2.75, 3.05) is 6.54 Å². The van der Waals surface area contributed by atoms with Crippen molar-refractivity contribution in [1.82, 2.24) is 14.1 Å². The number of nitrogens with two attached hydrogens (primary N) is 1. The summed E-state index contributed by atoms with van der Waals surface area (Å²) >= 11 is 0. The topological polar surface area (TPSA) is 81.2 Å². The maximum atomic E-state index is 12.6. The molecule has 0 unspecified atom stereocenters. The minimum Gasteiger partial charge on any atom is -0.329 e. The maximum absolute atomic E-state index is 12.6. The highest BCUT2D eigenvalue weighted by Crippen LogP contribution is 2.28. The molecule has 0 atom stereocenters. The Labute approximate surface area is 117 Å². The number of hydrogen-bond donors (Lipinski definition) is 1. The SMILES string of the molecule is NCCn1cc(S(=O)(=O)N2Cc3ccccc3C2)cn1. The maximum Gasteiger partial charge on any atom is 0.246 e. The summed E-state index contributed by atoms with van der Waals surface area (Å²) in [6.45, 7) is 1.77. The van der Waals surface area contributed by atoms with Gasteiger partial charge in [-0.1, -0.05) is 24.3 Å². The first kappa shape index (κ1) is 13.3. The quantitative estimate of drug-likeness (QED) is 0.892. The summed E-state index contributed by atoms with van der Waals surface area (Å²) in [6.07, 6.45) is 2.92. The Morgan fingerprint density at radius 3 is 2.45 bits per heavy atom. The molecule has 20 heavy (non-hydrogen) atoms. The van der Waals surface area contributed by atoms with E-state index in [1.807, 2.05) is 24.3 Å². The smallest absolute Gasteiger partial charge is 0.246 e. The molecule has 106 valence electrons. The predicted molar refractivity (Wildman–Crippen MR) is 74.2 cm³/mol. The van der Waals surface area contributed by atoms with E-state index in [-0.39, 0.29) is 4.90 Å². The van der Waals surface area contributed by atoms with Crippen molar-refractivity contribution >= 4 is 10.0 Å². The predicted octanol–water partition coefficient (Wildman–Crippen LogP) is 0.546. The molecule has 0 amide bonds. The molecular weight excluding hydrogens is 276 g/mol. The number of fused-ring (bicyclic) bond motifs is 1. The van der Waals surface area contributed by atoms with E-state index in [1.165, 1.54) is 16.7 Å². The van der Waals surface area contributed by atoms with Crippen LogP contribution in [0.2, 0.25) is 0 Å². The summed E-state index contributed by atoms with van der Waals surface area (Å²) in [5.41, 5.74) is 7.56. The summed E-state index contributed by atoms with van der Waals surface area (Å²) in [6, 6.07) is 7.77. The van der Waals surface area contributed by atoms with Gasteiger partial charge in [0.15, 0.2) is 0 Å². The first-order valence-corrected chi connectivity index (χ1v) is 7.85. The van der Waals surface area contributed by atoms with E-state index in [0.717, 1.165) is 11.1 Å². The van der Waals surface area contributed by atoms with Gasteiger partial charge >= 0.3 is 0 Å². The lowest BCUT2D eigenvalue weighted by molar-refractivity contribution is 0.431. The minimum atomic E-state index is -3.49. The Balaban J connectivity index is 1.86. The molecule has 0 aliphatic carbocycles. The largest absolute Gasteiger partial charge is 0.329 e. The fourth-order valence-electron chi connectivity index (χ4n) is 2.35. The van der Waals surface area contributed by atoms with Crippen LogP contribution in [-0.4, -0.2) is 29.0 Å². The van der Waals surface area contributed by atoms with Crippen LogP contribution in [0.1, 0.15) is 11.1 Å². The second-order valence-electron chi connectivity index (χ2n) is 4.77. The molecule has 1 aromatic carbocycles. The molecule has 1 aliphatic heterocycles. The van der Waals surface area contributed by atoms with E-state index >= 15 is 0 Å². The molecule has 0 saturated heterocycles. The van der Waals surface area contributed by atoms with Gasteiger partial charge in [0, 0.05) is 25.8 Å². The zero-order valence-corrected chi connectivity index (χ0v) is 11.8. The zero-order valence-electron chi connectivity index (χ0n) is 10.9. The van der Waals surface area contributed by atoms with E-state index in [1.54, 1.807) is 4.68 Å². The molecule has 0 spiro atoms. The number of rotatable bonds is 4. The lowest BCUT2D eigenvalue weighted by Crippen LogP contribution is -2.25. The van der Waals surface area contributed by atoms with Crippen molar-refractivity contribution in [1.29, 1.82) is 0 Å². The molecule has 1 aromatic heterocycles. The number of hydrogen-bond acceptors (Lipinski definition) is 4. The van der Waals surface area contributed by atoms with E-state index < -0.39 is 10.0 Å². The van der Waals surface area contributed by atoms with Gasteiger partial charge in [0.25, 0.3) is 0 Å². The van der Waals surface area contributed by atoms with E-state index in [4.69, 9.17) is 5.73 Å². The summed E-state index contributed by atoms with van der Waals surface area (Å²) in [5, 5.41) is 4.02. The van der Waals surface area contributed by atoms with Gasteiger partial charge in [-0.3, -0.25) is 4.68 Å². The second kappa shape index (κ2) is 5.01. The van der Waals surface area contributed by atoms with Gasteiger partial charge in [-0.15, -0.1) is 0 Å². The van der Waals surface area contributed by atoms with Crippen LogP contribution in [0.5, 0.6) is 0 Å². The Hall–Kier alpha value is -1.70. The van der Waals surface area contributed by atoms with Crippen molar-refractivity contribution < 1.29 is 8.42 Å². The molecule has 2 heterocycles. The van der Waals surface area contributed by atoms with Crippen LogP contribution in [0.25, 0.3) is 0 Å². The zero-order chi connectivity index (χ0) is 14.2. The third-order valence-electron chi connectivity index (χ3n) is 3.42. The Kier molecular flexibility index (Phi) is 3.33. The number of sulfonamides is 1. The highest BCUT2D eigenvalue weighted by atomic mass is 32.2. The van der Waals surface area contributed by atoms with Crippen molar-refractivity contribution in [3.05, 3.63) is 47.8 Å². The van der Waals surface area contributed by atoms with Gasteiger partial charge in [-0.25, -0.2) is 8.42 Å². The minimum absolute atomic E-state index is 0.221. The third-order valence-corrected chi connectivity index (χ3v) is 5.16. The van der Waals surface area contributed by atoms with Crippen molar-refractivity contribution in [3.63, 3.8) is 0 Å². The molecule has 2 N–H and O–H groups in total. The Bertz CT molecular complexity index is 698. The lowest BCUT2D eigenvalue weighted by atomic mass is 10.1. The molecule has 0 bridgehead atoms. The average Bonchev–Trinajstić information content (AvgIpc) is 3.05. The molecule has 3 rings (SSSR count). The Morgan fingerprint density at radius 2 is 1.85 bits per heavy atom. The number of aromatic nitrogens is 2. The summed E-state index contributed by atoms with van der Waals surface area (Å²) < 4.78 is 28.1. The van der Waals surface area contributed by atoms with Gasteiger partial charge in [0.2, 0.25) is 10.0 Å². The van der Waals surface area contributed by atoms with Crippen LogP contribution >= 0.6 is 0 Å². The molecule has 0 radical (unpaired) electrons. The van der Waals surface area contributed by atoms with Crippen molar-refractivity contribution in [3.8, 4) is 0 Å². The highest BCUT2D eigenvalue weighted by Gasteiger charge is 2.31. The van der Waals surface area contributed by atoms with Gasteiger partial charge in [-0.05, 0) is 11.1 Å². The van der Waals surface area contributed by atoms with Crippen LogP contribution in [-0.2, 0) is 29.7 Å². The van der Waals surface area contributed by atoms with Gasteiger partial charge in [0.05, 0.1) is 12.7 Å². The molecular formula is C13H16N4O2S. The van der Waals surface area contributed by atoms with Gasteiger partial charge in [0.1, 0.15) is 4.90 Å². The van der Waals surface area contributed by atoms with Crippen LogP contribution < -0.4 is 5.73 Å². The van der Waals surface area contributed by atoms with Gasteiger partial charge < -0.3 is 5.73 Å². The summed E-state index contributed by atoms with van der Waals surface area (Å²) in [7, 11) is -3.49.